The average molecular weight is 615 g/mol. The third-order valence-corrected chi connectivity index (χ3v) is 7.46. The number of nitrogens with zero attached hydrogens (tertiary/aromatic N) is 4. The number of nitrogens with one attached hydrogen (secondary N) is 1. The minimum Gasteiger partial charge on any atom is -0.388 e. The van der Waals surface area contributed by atoms with Crippen LogP contribution in [0.15, 0.2) is 82.6 Å². The van der Waals surface area contributed by atoms with Gasteiger partial charge < -0.3 is 15.5 Å². The molecule has 0 atom stereocenters. The third-order valence-electron chi connectivity index (χ3n) is 6.72. The fraction of sp³-hybridized carbons (Fsp3) is 0.314. The van der Waals surface area contributed by atoms with Crippen LogP contribution in [0.25, 0.3) is 11.3 Å². The number of aldehydes is 1. The van der Waals surface area contributed by atoms with Crippen LogP contribution in [0.3, 0.4) is 0 Å². The SMILES string of the molecule is CC.CC.CNc1ccc2c(c1)C(N(/N=C(\C)C(N)=O)c1ccc(SC)cc1)=C(C)CC2.Cc1ccn2cc(C=O)nc2c1. The summed E-state index contributed by atoms with van der Waals surface area (Å²) in [5, 5.41) is 9.69. The molecule has 0 aliphatic heterocycles. The highest BCUT2D eigenvalue weighted by molar-refractivity contribution is 7.98. The minimum atomic E-state index is -0.524. The number of thioether (sulfide) groups is 1. The molecular formula is C35H46N6O2S. The Kier molecular flexibility index (Phi) is 14.4. The molecule has 0 bridgehead atoms. The number of rotatable bonds is 7. The molecule has 5 rings (SSSR count). The Hall–Kier alpha value is -4.37. The molecule has 3 N–H and O–H groups in total. The first-order valence-corrected chi connectivity index (χ1v) is 16.2. The van der Waals surface area contributed by atoms with Crippen LogP contribution >= 0.6 is 11.8 Å². The summed E-state index contributed by atoms with van der Waals surface area (Å²) in [5.74, 6) is -0.524. The Labute approximate surface area is 266 Å². The van der Waals surface area contributed by atoms with Gasteiger partial charge in [-0.15, -0.1) is 11.8 Å². The molecular weight excluding hydrogens is 568 g/mol. The molecule has 0 saturated heterocycles. The smallest absolute Gasteiger partial charge is 0.264 e. The van der Waals surface area contributed by atoms with E-state index in [2.05, 4.69) is 52.7 Å². The number of aromatic nitrogens is 2. The zero-order valence-corrected chi connectivity index (χ0v) is 28.2. The Balaban J connectivity index is 0.000000349. The zero-order chi connectivity index (χ0) is 32.8. The number of hydrazone groups is 1. The summed E-state index contributed by atoms with van der Waals surface area (Å²) in [4.78, 5) is 27.4. The van der Waals surface area contributed by atoms with E-state index in [-0.39, 0.29) is 5.71 Å². The number of fused-ring (bicyclic) bond motifs is 2. The largest absolute Gasteiger partial charge is 0.388 e. The van der Waals surface area contributed by atoms with Crippen LogP contribution in [-0.2, 0) is 11.2 Å². The van der Waals surface area contributed by atoms with Gasteiger partial charge in [0.15, 0.2) is 6.29 Å². The fourth-order valence-corrected chi connectivity index (χ4v) is 4.86. The van der Waals surface area contributed by atoms with Crippen LogP contribution < -0.4 is 16.1 Å². The van der Waals surface area contributed by atoms with Gasteiger partial charge in [0, 0.05) is 35.6 Å². The molecule has 9 heteroatoms. The lowest BCUT2D eigenvalue weighted by Gasteiger charge is -2.30. The van der Waals surface area contributed by atoms with E-state index in [9.17, 15) is 9.59 Å². The number of allylic oxidation sites excluding steroid dienone is 1. The van der Waals surface area contributed by atoms with Gasteiger partial charge in [0.05, 0.1) is 11.4 Å². The Bertz CT molecular complexity index is 1610. The normalized spacial score (nSPS) is 12.0. The maximum Gasteiger partial charge on any atom is 0.264 e. The fourth-order valence-electron chi connectivity index (χ4n) is 4.46. The van der Waals surface area contributed by atoms with Crippen LogP contribution in [0.1, 0.15) is 75.1 Å². The number of carbonyl (C=O) groups excluding carboxylic acids is 2. The second-order valence-corrected chi connectivity index (χ2v) is 10.4. The number of nitrogens with two attached hydrogens (primary N) is 1. The van der Waals surface area contributed by atoms with Crippen molar-refractivity contribution in [2.75, 3.05) is 23.6 Å². The number of aryl methyl sites for hydroxylation is 2. The van der Waals surface area contributed by atoms with E-state index in [0.717, 1.165) is 53.0 Å². The molecule has 2 heterocycles. The maximum absolute atomic E-state index is 11.7. The van der Waals surface area contributed by atoms with Gasteiger partial charge >= 0.3 is 0 Å². The van der Waals surface area contributed by atoms with E-state index >= 15 is 0 Å². The molecule has 0 radical (unpaired) electrons. The van der Waals surface area contributed by atoms with E-state index in [0.29, 0.717) is 5.69 Å². The Morgan fingerprint density at radius 1 is 1.05 bits per heavy atom. The van der Waals surface area contributed by atoms with Crippen LogP contribution in [-0.4, -0.2) is 40.6 Å². The molecule has 0 fully saturated rings. The summed E-state index contributed by atoms with van der Waals surface area (Å²) in [7, 11) is 1.91. The second-order valence-electron chi connectivity index (χ2n) is 9.56. The van der Waals surface area contributed by atoms with Gasteiger partial charge in [-0.25, -0.2) is 9.99 Å². The molecule has 1 aliphatic rings. The lowest BCUT2D eigenvalue weighted by atomic mass is 9.89. The van der Waals surface area contributed by atoms with Gasteiger partial charge in [-0.1, -0.05) is 33.8 Å². The number of primary amides is 1. The second kappa shape index (κ2) is 17.7. The van der Waals surface area contributed by atoms with Gasteiger partial charge in [-0.05, 0) is 105 Å². The summed E-state index contributed by atoms with van der Waals surface area (Å²) < 4.78 is 1.83. The van der Waals surface area contributed by atoms with Gasteiger partial charge in [0.1, 0.15) is 17.1 Å². The van der Waals surface area contributed by atoms with Crippen molar-refractivity contribution in [1.29, 1.82) is 0 Å². The van der Waals surface area contributed by atoms with Gasteiger partial charge in [-0.2, -0.15) is 5.10 Å². The number of pyridine rings is 1. The lowest BCUT2D eigenvalue weighted by molar-refractivity contribution is -0.112. The van der Waals surface area contributed by atoms with Gasteiger partial charge in [0.25, 0.3) is 5.91 Å². The van der Waals surface area contributed by atoms with Crippen molar-refractivity contribution in [3.63, 3.8) is 0 Å². The minimum absolute atomic E-state index is 0.270. The van der Waals surface area contributed by atoms with Crippen molar-refractivity contribution in [2.45, 2.75) is 66.2 Å². The number of hydrogen-bond donors (Lipinski definition) is 2. The number of anilines is 2. The highest BCUT2D eigenvalue weighted by atomic mass is 32.2. The predicted molar refractivity (Wildman–Crippen MR) is 188 cm³/mol. The van der Waals surface area contributed by atoms with E-state index in [4.69, 9.17) is 5.73 Å². The van der Waals surface area contributed by atoms with Crippen molar-refractivity contribution >= 4 is 52.4 Å². The van der Waals surface area contributed by atoms with E-state index < -0.39 is 5.91 Å². The summed E-state index contributed by atoms with van der Waals surface area (Å²) in [6.07, 6.45) is 8.35. The average Bonchev–Trinajstić information content (AvgIpc) is 3.48. The van der Waals surface area contributed by atoms with Crippen LogP contribution in [0.5, 0.6) is 0 Å². The highest BCUT2D eigenvalue weighted by Gasteiger charge is 2.24. The zero-order valence-electron chi connectivity index (χ0n) is 27.4. The van der Waals surface area contributed by atoms with E-state index in [1.807, 2.05) is 87.8 Å². The first-order valence-electron chi connectivity index (χ1n) is 14.9. The molecule has 4 aromatic rings. The molecule has 0 saturated carbocycles. The molecule has 2 aromatic carbocycles. The molecule has 234 valence electrons. The van der Waals surface area contributed by atoms with Crippen molar-refractivity contribution < 1.29 is 9.59 Å². The van der Waals surface area contributed by atoms with Crippen molar-refractivity contribution in [3.05, 3.63) is 94.9 Å². The van der Waals surface area contributed by atoms with Crippen molar-refractivity contribution in [2.24, 2.45) is 10.8 Å². The maximum atomic E-state index is 11.7. The number of imidazole rings is 1. The van der Waals surface area contributed by atoms with E-state index in [1.165, 1.54) is 16.0 Å². The lowest BCUT2D eigenvalue weighted by Crippen LogP contribution is -2.27. The molecule has 44 heavy (non-hydrogen) atoms. The van der Waals surface area contributed by atoms with E-state index in [1.54, 1.807) is 24.9 Å². The van der Waals surface area contributed by atoms with Crippen molar-refractivity contribution in [3.8, 4) is 0 Å². The number of benzene rings is 2. The molecule has 8 nitrogen and oxygen atoms in total. The topological polar surface area (TPSA) is 105 Å². The summed E-state index contributed by atoms with van der Waals surface area (Å²) in [5.41, 5.74) is 14.8. The summed E-state index contributed by atoms with van der Waals surface area (Å²) in [6, 6.07) is 18.5. The van der Waals surface area contributed by atoms with Crippen LogP contribution in [0.2, 0.25) is 0 Å². The molecule has 1 aliphatic carbocycles. The molecule has 0 unspecified atom stereocenters. The summed E-state index contributed by atoms with van der Waals surface area (Å²) >= 11 is 1.69. The number of carbonyl (C=O) groups is 2. The van der Waals surface area contributed by atoms with Crippen molar-refractivity contribution in [1.82, 2.24) is 9.38 Å². The molecule has 2 aromatic heterocycles. The van der Waals surface area contributed by atoms with Gasteiger partial charge in [-0.3, -0.25) is 9.59 Å². The monoisotopic (exact) mass is 614 g/mol. The number of amides is 1. The Morgan fingerprint density at radius 2 is 1.73 bits per heavy atom. The quantitative estimate of drug-likeness (QED) is 0.0946. The van der Waals surface area contributed by atoms with Gasteiger partial charge in [0.2, 0.25) is 0 Å². The highest BCUT2D eigenvalue weighted by Crippen LogP contribution is 2.38. The van der Waals surface area contributed by atoms with Crippen LogP contribution in [0, 0.1) is 6.92 Å². The third kappa shape index (κ3) is 9.07. The molecule has 0 spiro atoms. The van der Waals surface area contributed by atoms with Crippen LogP contribution in [0.4, 0.5) is 11.4 Å². The summed E-state index contributed by atoms with van der Waals surface area (Å²) in [6.45, 7) is 13.8. The number of hydrogen-bond acceptors (Lipinski definition) is 7. The molecule has 1 amide bonds. The predicted octanol–water partition coefficient (Wildman–Crippen LogP) is 8.00. The standard InChI is InChI=1S/C22H26N4OS.C9H8N2O.2C2H6/c1-14-5-6-16-7-8-17(24-3)13-20(16)21(14)26(25-15(2)22(23)27)18-9-11-19(28-4)12-10-18;1-7-2-3-11-5-8(6-12)10-9(11)4-7;2*1-2/h7-13,24H,5-6H2,1-4H3,(H2,23,27);2-6H,1H3;2*1-2H3/b25-15+;;;. The first-order chi connectivity index (χ1) is 21.2. The Morgan fingerprint density at radius 3 is 2.32 bits per heavy atom. The first kappa shape index (κ1) is 35.8.